The molecule has 5 unspecified atom stereocenters. The third-order valence-corrected chi connectivity index (χ3v) is 5.53. The number of carbonyl (C=O) groups is 1. The van der Waals surface area contributed by atoms with Crippen LogP contribution in [0.2, 0.25) is 0 Å². The van der Waals surface area contributed by atoms with Crippen LogP contribution < -0.4 is 10.6 Å². The fourth-order valence-corrected chi connectivity index (χ4v) is 4.46. The zero-order chi connectivity index (χ0) is 13.8. The van der Waals surface area contributed by atoms with Crippen molar-refractivity contribution in [1.29, 1.82) is 0 Å². The van der Waals surface area contributed by atoms with Gasteiger partial charge in [0.1, 0.15) is 0 Å². The summed E-state index contributed by atoms with van der Waals surface area (Å²) in [6, 6.07) is 0.355. The molecular formula is C14H26N2O2S. The van der Waals surface area contributed by atoms with Crippen LogP contribution in [0.25, 0.3) is 0 Å². The predicted molar refractivity (Wildman–Crippen MR) is 79.3 cm³/mol. The van der Waals surface area contributed by atoms with E-state index >= 15 is 0 Å². The first-order valence-corrected chi connectivity index (χ1v) is 8.75. The second kappa shape index (κ2) is 6.84. The van der Waals surface area contributed by atoms with E-state index in [9.17, 15) is 9.90 Å². The normalized spacial score (nSPS) is 34.3. The minimum absolute atomic E-state index is 0.0584. The lowest BCUT2D eigenvalue weighted by Gasteiger charge is -2.31. The SMILES string of the molecule is CCC(CSC)NC(=O)NC1C2CCC(C2)C1CO. The Hall–Kier alpha value is -0.420. The highest BCUT2D eigenvalue weighted by Gasteiger charge is 2.47. The van der Waals surface area contributed by atoms with Crippen LogP contribution >= 0.6 is 11.8 Å². The first-order valence-electron chi connectivity index (χ1n) is 7.36. The number of aliphatic hydroxyl groups is 1. The van der Waals surface area contributed by atoms with Gasteiger partial charge in [-0.2, -0.15) is 11.8 Å². The molecular weight excluding hydrogens is 260 g/mol. The maximum Gasteiger partial charge on any atom is 0.315 e. The number of hydrogen-bond acceptors (Lipinski definition) is 3. The van der Waals surface area contributed by atoms with Crippen LogP contribution in [0.4, 0.5) is 4.79 Å². The van der Waals surface area contributed by atoms with Crippen molar-refractivity contribution in [3.8, 4) is 0 Å². The van der Waals surface area contributed by atoms with E-state index in [0.717, 1.165) is 12.2 Å². The monoisotopic (exact) mass is 286 g/mol. The van der Waals surface area contributed by atoms with E-state index in [4.69, 9.17) is 0 Å². The Balaban J connectivity index is 1.84. The molecule has 5 heteroatoms. The molecule has 2 rings (SSSR count). The Morgan fingerprint density at radius 1 is 1.42 bits per heavy atom. The van der Waals surface area contributed by atoms with Gasteiger partial charge in [0.15, 0.2) is 0 Å². The van der Waals surface area contributed by atoms with E-state index in [1.807, 2.05) is 0 Å². The lowest BCUT2D eigenvalue weighted by molar-refractivity contribution is 0.144. The zero-order valence-corrected chi connectivity index (χ0v) is 12.7. The zero-order valence-electron chi connectivity index (χ0n) is 11.9. The van der Waals surface area contributed by atoms with E-state index in [0.29, 0.717) is 11.8 Å². The molecule has 0 radical (unpaired) electrons. The van der Waals surface area contributed by atoms with Crippen LogP contribution in [-0.2, 0) is 0 Å². The second-order valence-corrected chi connectivity index (χ2v) is 6.79. The summed E-state index contributed by atoms with van der Waals surface area (Å²) in [7, 11) is 0. The van der Waals surface area contributed by atoms with Crippen molar-refractivity contribution in [2.75, 3.05) is 18.6 Å². The van der Waals surface area contributed by atoms with Gasteiger partial charge in [0, 0.05) is 30.4 Å². The Kier molecular flexibility index (Phi) is 5.39. The average Bonchev–Trinajstić information content (AvgIpc) is 2.98. The van der Waals surface area contributed by atoms with Crippen molar-refractivity contribution in [2.45, 2.75) is 44.7 Å². The molecule has 2 aliphatic carbocycles. The minimum atomic E-state index is -0.0584. The Labute approximate surface area is 120 Å². The summed E-state index contributed by atoms with van der Waals surface area (Å²) in [6.45, 7) is 2.29. The van der Waals surface area contributed by atoms with E-state index in [1.165, 1.54) is 19.3 Å². The number of fused-ring (bicyclic) bond motifs is 2. The molecule has 5 atom stereocenters. The number of thioether (sulfide) groups is 1. The van der Waals surface area contributed by atoms with Crippen molar-refractivity contribution in [3.05, 3.63) is 0 Å². The molecule has 2 fully saturated rings. The van der Waals surface area contributed by atoms with Crippen molar-refractivity contribution in [1.82, 2.24) is 10.6 Å². The van der Waals surface area contributed by atoms with Crippen molar-refractivity contribution < 1.29 is 9.90 Å². The number of urea groups is 1. The molecule has 0 aromatic carbocycles. The highest BCUT2D eigenvalue weighted by Crippen LogP contribution is 2.48. The van der Waals surface area contributed by atoms with Gasteiger partial charge >= 0.3 is 6.03 Å². The van der Waals surface area contributed by atoms with Gasteiger partial charge in [-0.25, -0.2) is 4.79 Å². The van der Waals surface area contributed by atoms with Gasteiger partial charge in [-0.3, -0.25) is 0 Å². The fourth-order valence-electron chi connectivity index (χ4n) is 3.74. The molecule has 2 bridgehead atoms. The Morgan fingerprint density at radius 3 is 2.79 bits per heavy atom. The van der Waals surface area contributed by atoms with Crippen molar-refractivity contribution >= 4 is 17.8 Å². The first kappa shape index (κ1) is 15.0. The van der Waals surface area contributed by atoms with E-state index in [-0.39, 0.29) is 30.6 Å². The third-order valence-electron chi connectivity index (χ3n) is 4.79. The van der Waals surface area contributed by atoms with Gasteiger partial charge in [0.2, 0.25) is 0 Å². The van der Waals surface area contributed by atoms with Gasteiger partial charge < -0.3 is 15.7 Å². The summed E-state index contributed by atoms with van der Waals surface area (Å²) in [5.74, 6) is 2.41. The number of amides is 2. The highest BCUT2D eigenvalue weighted by molar-refractivity contribution is 7.98. The van der Waals surface area contributed by atoms with Gasteiger partial charge in [-0.1, -0.05) is 6.92 Å². The summed E-state index contributed by atoms with van der Waals surface area (Å²) in [4.78, 5) is 12.1. The smallest absolute Gasteiger partial charge is 0.315 e. The highest BCUT2D eigenvalue weighted by atomic mass is 32.2. The van der Waals surface area contributed by atoms with Gasteiger partial charge in [0.25, 0.3) is 0 Å². The molecule has 2 amide bonds. The summed E-state index contributed by atoms with van der Waals surface area (Å²) in [6.07, 6.45) is 6.61. The average molecular weight is 286 g/mol. The minimum Gasteiger partial charge on any atom is -0.396 e. The fraction of sp³-hybridized carbons (Fsp3) is 0.929. The molecule has 0 heterocycles. The van der Waals surface area contributed by atoms with Crippen LogP contribution in [-0.4, -0.2) is 41.8 Å². The number of aliphatic hydroxyl groups excluding tert-OH is 1. The predicted octanol–water partition coefficient (Wildman–Crippen LogP) is 1.83. The molecule has 0 aromatic heterocycles. The summed E-state index contributed by atoms with van der Waals surface area (Å²) < 4.78 is 0. The number of carbonyl (C=O) groups excluding carboxylic acids is 1. The van der Waals surface area contributed by atoms with Crippen LogP contribution in [0.5, 0.6) is 0 Å². The quantitative estimate of drug-likeness (QED) is 0.698. The van der Waals surface area contributed by atoms with Gasteiger partial charge in [-0.05, 0) is 43.8 Å². The molecule has 3 N–H and O–H groups in total. The van der Waals surface area contributed by atoms with Gasteiger partial charge in [-0.15, -0.1) is 0 Å². The first-order chi connectivity index (χ1) is 9.19. The molecule has 4 nitrogen and oxygen atoms in total. The van der Waals surface area contributed by atoms with E-state index < -0.39 is 0 Å². The molecule has 110 valence electrons. The van der Waals surface area contributed by atoms with Gasteiger partial charge in [0.05, 0.1) is 0 Å². The lowest BCUT2D eigenvalue weighted by atomic mass is 9.85. The molecule has 0 aliphatic heterocycles. The lowest BCUT2D eigenvalue weighted by Crippen LogP contribution is -2.51. The molecule has 2 saturated carbocycles. The van der Waals surface area contributed by atoms with Crippen LogP contribution in [0.15, 0.2) is 0 Å². The van der Waals surface area contributed by atoms with E-state index in [2.05, 4.69) is 23.8 Å². The van der Waals surface area contributed by atoms with E-state index in [1.54, 1.807) is 11.8 Å². The maximum atomic E-state index is 12.1. The molecule has 0 aromatic rings. The maximum absolute atomic E-state index is 12.1. The molecule has 0 spiro atoms. The standard InChI is InChI=1S/C14H26N2O2S/c1-3-11(8-19-2)15-14(18)16-13-10-5-4-9(6-10)12(13)7-17/h9-13,17H,3-8H2,1-2H3,(H2,15,16,18). The summed E-state index contributed by atoms with van der Waals surface area (Å²) >= 11 is 1.75. The number of rotatable bonds is 6. The topological polar surface area (TPSA) is 61.4 Å². The number of hydrogen-bond donors (Lipinski definition) is 3. The van der Waals surface area contributed by atoms with Crippen LogP contribution in [0, 0.1) is 17.8 Å². The number of nitrogens with one attached hydrogen (secondary N) is 2. The molecule has 2 aliphatic rings. The molecule has 0 saturated heterocycles. The van der Waals surface area contributed by atoms with Crippen molar-refractivity contribution in [3.63, 3.8) is 0 Å². The Bertz CT molecular complexity index is 314. The largest absolute Gasteiger partial charge is 0.396 e. The van der Waals surface area contributed by atoms with Crippen LogP contribution in [0.1, 0.15) is 32.6 Å². The van der Waals surface area contributed by atoms with Crippen molar-refractivity contribution in [2.24, 2.45) is 17.8 Å². The molecule has 19 heavy (non-hydrogen) atoms. The summed E-state index contributed by atoms with van der Waals surface area (Å²) in [5.41, 5.74) is 0. The Morgan fingerprint density at radius 2 is 2.16 bits per heavy atom. The third kappa shape index (κ3) is 3.37. The summed E-state index contributed by atoms with van der Waals surface area (Å²) in [5, 5.41) is 15.7. The van der Waals surface area contributed by atoms with Crippen LogP contribution in [0.3, 0.4) is 0 Å². The second-order valence-electron chi connectivity index (χ2n) is 5.88.